The lowest BCUT2D eigenvalue weighted by molar-refractivity contribution is 0.644. The summed E-state index contributed by atoms with van der Waals surface area (Å²) in [7, 11) is 0. The average Bonchev–Trinajstić information content (AvgIpc) is 3.04. The third kappa shape index (κ3) is 2.14. The van der Waals surface area contributed by atoms with Crippen LogP contribution < -0.4 is 5.32 Å². The highest BCUT2D eigenvalue weighted by molar-refractivity contribution is 5.67. The Labute approximate surface area is 123 Å². The van der Waals surface area contributed by atoms with Crippen molar-refractivity contribution < 1.29 is 0 Å². The van der Waals surface area contributed by atoms with Gasteiger partial charge in [0.1, 0.15) is 0 Å². The van der Waals surface area contributed by atoms with Gasteiger partial charge in [-0.15, -0.1) is 5.10 Å². The molecule has 1 N–H and O–H groups in total. The summed E-state index contributed by atoms with van der Waals surface area (Å²) >= 11 is 0. The fraction of sp³-hybridized carbons (Fsp3) is 0.176. The third-order valence-corrected chi connectivity index (χ3v) is 3.97. The normalized spacial score (nSPS) is 13.9. The minimum atomic E-state index is 0.941. The molecule has 0 unspecified atom stereocenters. The molecule has 0 fully saturated rings. The second kappa shape index (κ2) is 5.14. The summed E-state index contributed by atoms with van der Waals surface area (Å²) in [6.07, 6.45) is 2.90. The Hall–Kier alpha value is -2.46. The summed E-state index contributed by atoms with van der Waals surface area (Å²) in [5.74, 6) is 0. The van der Waals surface area contributed by atoms with Crippen molar-refractivity contribution in [2.75, 3.05) is 6.54 Å². The summed E-state index contributed by atoms with van der Waals surface area (Å²) in [4.78, 5) is 0. The first kappa shape index (κ1) is 12.3. The Balaban J connectivity index is 1.88. The molecule has 0 spiro atoms. The van der Waals surface area contributed by atoms with Crippen molar-refractivity contribution in [1.29, 1.82) is 0 Å². The van der Waals surface area contributed by atoms with E-state index in [1.54, 1.807) is 0 Å². The predicted octanol–water partition coefficient (Wildman–Crippen LogP) is 2.58. The van der Waals surface area contributed by atoms with Crippen molar-refractivity contribution in [3.63, 3.8) is 0 Å². The number of nitrogens with zero attached hydrogens (tertiary/aromatic N) is 3. The fourth-order valence-corrected chi connectivity index (χ4v) is 2.95. The van der Waals surface area contributed by atoms with Crippen LogP contribution in [-0.4, -0.2) is 21.5 Å². The molecule has 3 aromatic rings. The Morgan fingerprint density at radius 1 is 1.00 bits per heavy atom. The van der Waals surface area contributed by atoms with Crippen molar-refractivity contribution in [2.24, 2.45) is 0 Å². The first-order chi connectivity index (χ1) is 10.4. The molecule has 4 nitrogen and oxygen atoms in total. The molecule has 2 heterocycles. The van der Waals surface area contributed by atoms with E-state index in [2.05, 4.69) is 46.0 Å². The van der Waals surface area contributed by atoms with Crippen LogP contribution in [0.5, 0.6) is 0 Å². The zero-order valence-electron chi connectivity index (χ0n) is 11.7. The first-order valence-corrected chi connectivity index (χ1v) is 7.21. The number of para-hydroxylation sites is 1. The molecule has 0 bridgehead atoms. The number of hydrogen-bond donors (Lipinski definition) is 1. The first-order valence-electron chi connectivity index (χ1n) is 7.21. The quantitative estimate of drug-likeness (QED) is 0.782. The van der Waals surface area contributed by atoms with E-state index in [-0.39, 0.29) is 0 Å². The SMILES string of the molecule is c1ccc(-n2nncc2-c2cccc3c2CCNC3)cc1. The molecule has 0 aliphatic carbocycles. The van der Waals surface area contributed by atoms with Crippen LogP contribution >= 0.6 is 0 Å². The van der Waals surface area contributed by atoms with Crippen molar-refractivity contribution in [1.82, 2.24) is 20.3 Å². The lowest BCUT2D eigenvalue weighted by Gasteiger charge is -2.20. The average molecular weight is 276 g/mol. The molecule has 104 valence electrons. The van der Waals surface area contributed by atoms with E-state index >= 15 is 0 Å². The van der Waals surface area contributed by atoms with Crippen molar-refractivity contribution in [2.45, 2.75) is 13.0 Å². The van der Waals surface area contributed by atoms with Crippen LogP contribution in [0.1, 0.15) is 11.1 Å². The van der Waals surface area contributed by atoms with Gasteiger partial charge >= 0.3 is 0 Å². The second-order valence-electron chi connectivity index (χ2n) is 5.24. The monoisotopic (exact) mass is 276 g/mol. The smallest absolute Gasteiger partial charge is 0.0947 e. The number of rotatable bonds is 2. The van der Waals surface area contributed by atoms with Gasteiger partial charge in [-0.2, -0.15) is 0 Å². The largest absolute Gasteiger partial charge is 0.312 e. The number of fused-ring (bicyclic) bond motifs is 1. The molecule has 0 radical (unpaired) electrons. The maximum atomic E-state index is 4.26. The highest BCUT2D eigenvalue weighted by Gasteiger charge is 2.17. The molecule has 1 aromatic heterocycles. The molecule has 0 atom stereocenters. The van der Waals surface area contributed by atoms with Crippen molar-refractivity contribution >= 4 is 0 Å². The number of hydrogen-bond acceptors (Lipinski definition) is 3. The van der Waals surface area contributed by atoms with Crippen LogP contribution in [0.3, 0.4) is 0 Å². The Morgan fingerprint density at radius 2 is 1.90 bits per heavy atom. The lowest BCUT2D eigenvalue weighted by Crippen LogP contribution is -2.24. The molecule has 0 saturated carbocycles. The van der Waals surface area contributed by atoms with Gasteiger partial charge in [0.15, 0.2) is 0 Å². The van der Waals surface area contributed by atoms with Crippen LogP contribution in [0.25, 0.3) is 16.9 Å². The van der Waals surface area contributed by atoms with Gasteiger partial charge < -0.3 is 5.32 Å². The van der Waals surface area contributed by atoms with E-state index in [0.29, 0.717) is 0 Å². The molecule has 4 rings (SSSR count). The van der Waals surface area contributed by atoms with Crippen LogP contribution in [0.4, 0.5) is 0 Å². The van der Waals surface area contributed by atoms with Crippen molar-refractivity contribution in [3.8, 4) is 16.9 Å². The van der Waals surface area contributed by atoms with E-state index in [0.717, 1.165) is 30.9 Å². The minimum Gasteiger partial charge on any atom is -0.312 e. The highest BCUT2D eigenvalue weighted by atomic mass is 15.4. The zero-order valence-corrected chi connectivity index (χ0v) is 11.7. The molecule has 2 aromatic carbocycles. The molecule has 0 saturated heterocycles. The summed E-state index contributed by atoms with van der Waals surface area (Å²) < 4.78 is 1.91. The highest BCUT2D eigenvalue weighted by Crippen LogP contribution is 2.29. The van der Waals surface area contributed by atoms with Crippen LogP contribution in [0, 0.1) is 0 Å². The maximum absolute atomic E-state index is 4.26. The van der Waals surface area contributed by atoms with E-state index in [9.17, 15) is 0 Å². The Bertz CT molecular complexity index is 761. The molecule has 1 aliphatic heterocycles. The summed E-state index contributed by atoms with van der Waals surface area (Å²) in [5.41, 5.74) is 6.12. The molecule has 0 amide bonds. The van der Waals surface area contributed by atoms with Gasteiger partial charge in [-0.1, -0.05) is 41.6 Å². The van der Waals surface area contributed by atoms with E-state index in [1.807, 2.05) is 29.1 Å². The summed E-state index contributed by atoms with van der Waals surface area (Å²) in [6, 6.07) is 16.6. The predicted molar refractivity (Wildman–Crippen MR) is 82.2 cm³/mol. The number of aromatic nitrogens is 3. The van der Waals surface area contributed by atoms with Gasteiger partial charge in [0.25, 0.3) is 0 Å². The van der Waals surface area contributed by atoms with Gasteiger partial charge in [0.05, 0.1) is 17.6 Å². The van der Waals surface area contributed by atoms with Gasteiger partial charge in [-0.05, 0) is 36.2 Å². The molecule has 4 heteroatoms. The second-order valence-corrected chi connectivity index (χ2v) is 5.24. The molecule has 1 aliphatic rings. The lowest BCUT2D eigenvalue weighted by atomic mass is 9.94. The topological polar surface area (TPSA) is 42.7 Å². The molecule has 21 heavy (non-hydrogen) atoms. The Kier molecular flexibility index (Phi) is 3.01. The van der Waals surface area contributed by atoms with E-state index in [4.69, 9.17) is 0 Å². The zero-order chi connectivity index (χ0) is 14.1. The van der Waals surface area contributed by atoms with Crippen LogP contribution in [0.2, 0.25) is 0 Å². The van der Waals surface area contributed by atoms with E-state index in [1.165, 1.54) is 16.7 Å². The van der Waals surface area contributed by atoms with Crippen LogP contribution in [0.15, 0.2) is 54.7 Å². The third-order valence-electron chi connectivity index (χ3n) is 3.97. The number of benzene rings is 2. The number of nitrogens with one attached hydrogen (secondary N) is 1. The van der Waals surface area contributed by atoms with Crippen molar-refractivity contribution in [3.05, 3.63) is 65.9 Å². The van der Waals surface area contributed by atoms with Gasteiger partial charge in [0.2, 0.25) is 0 Å². The molecular weight excluding hydrogens is 260 g/mol. The van der Waals surface area contributed by atoms with Gasteiger partial charge in [-0.25, -0.2) is 4.68 Å². The van der Waals surface area contributed by atoms with Gasteiger partial charge in [-0.3, -0.25) is 0 Å². The standard InChI is InChI=1S/C17H16N4/c1-2-6-14(7-3-1)21-17(12-19-20-21)16-8-4-5-13-11-18-10-9-15(13)16/h1-8,12,18H,9-11H2. The minimum absolute atomic E-state index is 0.941. The van der Waals surface area contributed by atoms with E-state index < -0.39 is 0 Å². The fourth-order valence-electron chi connectivity index (χ4n) is 2.95. The Morgan fingerprint density at radius 3 is 2.81 bits per heavy atom. The molecular formula is C17H16N4. The maximum Gasteiger partial charge on any atom is 0.0947 e. The summed E-state index contributed by atoms with van der Waals surface area (Å²) in [6.45, 7) is 1.97. The van der Waals surface area contributed by atoms with Crippen LogP contribution in [-0.2, 0) is 13.0 Å². The summed E-state index contributed by atoms with van der Waals surface area (Å²) in [5, 5.41) is 11.8. The van der Waals surface area contributed by atoms with Gasteiger partial charge in [0, 0.05) is 12.1 Å².